The molecule has 1 aliphatic heterocycles. The lowest BCUT2D eigenvalue weighted by molar-refractivity contribution is -0.111. The summed E-state index contributed by atoms with van der Waals surface area (Å²) < 4.78 is 11.2. The van der Waals surface area contributed by atoms with Crippen LogP contribution in [0.5, 0.6) is 11.5 Å². The van der Waals surface area contributed by atoms with Gasteiger partial charge in [-0.05, 0) is 60.5 Å². The molecule has 0 unspecified atom stereocenters. The number of benzene rings is 3. The molecule has 180 valence electrons. The second kappa shape index (κ2) is 11.3. The Labute approximate surface area is 209 Å². The molecular weight excluding hydrogens is 454 g/mol. The van der Waals surface area contributed by atoms with E-state index in [1.54, 1.807) is 6.07 Å². The van der Waals surface area contributed by atoms with Gasteiger partial charge in [-0.3, -0.25) is 9.69 Å². The maximum Gasteiger partial charge on any atom is 0.300 e. The molecule has 36 heavy (non-hydrogen) atoms. The summed E-state index contributed by atoms with van der Waals surface area (Å²) in [5, 5.41) is 6.94. The zero-order valence-electron chi connectivity index (χ0n) is 19.6. The molecule has 0 spiro atoms. The highest BCUT2D eigenvalue weighted by molar-refractivity contribution is 6.05. The van der Waals surface area contributed by atoms with Crippen LogP contribution in [0.25, 0.3) is 10.9 Å². The molecular formula is C28H25N5O3. The van der Waals surface area contributed by atoms with Gasteiger partial charge in [-0.2, -0.15) is 0 Å². The molecule has 0 aliphatic carbocycles. The van der Waals surface area contributed by atoms with Crippen LogP contribution in [0.4, 0.5) is 17.2 Å². The first kappa shape index (κ1) is 23.3. The van der Waals surface area contributed by atoms with E-state index in [9.17, 15) is 4.79 Å². The van der Waals surface area contributed by atoms with E-state index >= 15 is 0 Å². The predicted octanol–water partition coefficient (Wildman–Crippen LogP) is 4.44. The fraction of sp³-hybridized carbons (Fsp3) is 0.179. The number of amides is 1. The third-order valence-electron chi connectivity index (χ3n) is 5.60. The summed E-state index contributed by atoms with van der Waals surface area (Å²) in [7, 11) is 0. The van der Waals surface area contributed by atoms with Crippen LogP contribution in [0.15, 0.2) is 79.1 Å². The number of hydrogen-bond donors (Lipinski definition) is 2. The third kappa shape index (κ3) is 6.16. The Hall–Kier alpha value is -4.45. The van der Waals surface area contributed by atoms with Gasteiger partial charge in [0.05, 0.1) is 25.3 Å². The van der Waals surface area contributed by atoms with Crippen molar-refractivity contribution in [2.75, 3.05) is 43.5 Å². The number of para-hydroxylation sites is 1. The van der Waals surface area contributed by atoms with Crippen molar-refractivity contribution in [3.05, 3.63) is 79.1 Å². The Morgan fingerprint density at radius 2 is 1.69 bits per heavy atom. The first-order valence-corrected chi connectivity index (χ1v) is 11.7. The summed E-state index contributed by atoms with van der Waals surface area (Å²) in [4.78, 5) is 23.2. The zero-order valence-corrected chi connectivity index (χ0v) is 19.6. The SMILES string of the molecule is O=C(C#CCN1CCOCC1)Nc1ccc2ncnc(Nc3ccc(Oc4ccccc4)cc3)c2c1. The van der Waals surface area contributed by atoms with Crippen molar-refractivity contribution < 1.29 is 14.3 Å². The molecule has 0 atom stereocenters. The lowest BCUT2D eigenvalue weighted by atomic mass is 10.2. The molecule has 2 heterocycles. The van der Waals surface area contributed by atoms with E-state index in [2.05, 4.69) is 37.3 Å². The molecule has 1 amide bonds. The number of carbonyl (C=O) groups is 1. The Morgan fingerprint density at radius 1 is 0.944 bits per heavy atom. The summed E-state index contributed by atoms with van der Waals surface area (Å²) in [5.41, 5.74) is 2.23. The average Bonchev–Trinajstić information content (AvgIpc) is 2.91. The minimum Gasteiger partial charge on any atom is -0.457 e. The minimum absolute atomic E-state index is 0.358. The summed E-state index contributed by atoms with van der Waals surface area (Å²) in [5.74, 6) is 7.39. The molecule has 8 nitrogen and oxygen atoms in total. The monoisotopic (exact) mass is 479 g/mol. The van der Waals surface area contributed by atoms with Crippen molar-refractivity contribution in [2.45, 2.75) is 0 Å². The number of hydrogen-bond acceptors (Lipinski definition) is 7. The number of aromatic nitrogens is 2. The Morgan fingerprint density at radius 3 is 2.50 bits per heavy atom. The maximum atomic E-state index is 12.3. The van der Waals surface area contributed by atoms with E-state index in [1.165, 1.54) is 6.33 Å². The van der Waals surface area contributed by atoms with E-state index < -0.39 is 0 Å². The van der Waals surface area contributed by atoms with Crippen LogP contribution in [0, 0.1) is 11.8 Å². The number of rotatable bonds is 6. The third-order valence-corrected chi connectivity index (χ3v) is 5.60. The van der Waals surface area contributed by atoms with E-state index in [1.807, 2.05) is 66.7 Å². The normalized spacial score (nSPS) is 13.4. The van der Waals surface area contributed by atoms with Crippen LogP contribution in [-0.4, -0.2) is 53.6 Å². The molecule has 0 bridgehead atoms. The highest BCUT2D eigenvalue weighted by atomic mass is 16.5. The maximum absolute atomic E-state index is 12.3. The molecule has 1 aromatic heterocycles. The second-order valence-corrected chi connectivity index (χ2v) is 8.16. The molecule has 4 aromatic rings. The number of ether oxygens (including phenoxy) is 2. The van der Waals surface area contributed by atoms with Gasteiger partial charge < -0.3 is 20.1 Å². The first-order valence-electron chi connectivity index (χ1n) is 11.7. The smallest absolute Gasteiger partial charge is 0.300 e. The fourth-order valence-electron chi connectivity index (χ4n) is 3.75. The quantitative estimate of drug-likeness (QED) is 0.395. The van der Waals surface area contributed by atoms with Gasteiger partial charge in [-0.15, -0.1) is 0 Å². The summed E-state index contributed by atoms with van der Waals surface area (Å²) in [6, 6.07) is 22.7. The number of anilines is 3. The average molecular weight is 480 g/mol. The predicted molar refractivity (Wildman–Crippen MR) is 139 cm³/mol. The van der Waals surface area contributed by atoms with Crippen molar-refractivity contribution >= 4 is 34.0 Å². The number of fused-ring (bicyclic) bond motifs is 1. The van der Waals surface area contributed by atoms with Crippen molar-refractivity contribution in [2.24, 2.45) is 0 Å². The number of carbonyl (C=O) groups excluding carboxylic acids is 1. The van der Waals surface area contributed by atoms with Crippen LogP contribution in [0.2, 0.25) is 0 Å². The molecule has 1 saturated heterocycles. The highest BCUT2D eigenvalue weighted by Crippen LogP contribution is 2.28. The Kier molecular flexibility index (Phi) is 7.32. The van der Waals surface area contributed by atoms with Crippen LogP contribution < -0.4 is 15.4 Å². The van der Waals surface area contributed by atoms with Crippen molar-refractivity contribution in [3.63, 3.8) is 0 Å². The summed E-state index contributed by atoms with van der Waals surface area (Å²) in [6.07, 6.45) is 1.51. The topological polar surface area (TPSA) is 88.6 Å². The summed E-state index contributed by atoms with van der Waals surface area (Å²) in [6.45, 7) is 3.62. The molecule has 3 aromatic carbocycles. The molecule has 1 aliphatic rings. The van der Waals surface area contributed by atoms with E-state index in [-0.39, 0.29) is 5.91 Å². The zero-order chi connectivity index (χ0) is 24.6. The van der Waals surface area contributed by atoms with Crippen LogP contribution >= 0.6 is 0 Å². The van der Waals surface area contributed by atoms with Crippen LogP contribution in [0.1, 0.15) is 0 Å². The molecule has 2 N–H and O–H groups in total. The molecule has 0 radical (unpaired) electrons. The van der Waals surface area contributed by atoms with Gasteiger partial charge in [0.15, 0.2) is 0 Å². The van der Waals surface area contributed by atoms with Gasteiger partial charge in [0.1, 0.15) is 23.6 Å². The Balaban J connectivity index is 1.26. The van der Waals surface area contributed by atoms with Gasteiger partial charge in [0.2, 0.25) is 0 Å². The molecule has 5 rings (SSSR count). The molecule has 1 fully saturated rings. The second-order valence-electron chi connectivity index (χ2n) is 8.16. The van der Waals surface area contributed by atoms with Gasteiger partial charge in [-0.1, -0.05) is 24.1 Å². The lowest BCUT2D eigenvalue weighted by Gasteiger charge is -2.24. The highest BCUT2D eigenvalue weighted by Gasteiger charge is 2.09. The van der Waals surface area contributed by atoms with E-state index in [0.29, 0.717) is 31.3 Å². The molecule has 0 saturated carbocycles. The number of morpholine rings is 1. The van der Waals surface area contributed by atoms with Crippen LogP contribution in [-0.2, 0) is 9.53 Å². The van der Waals surface area contributed by atoms with Crippen molar-refractivity contribution in [1.29, 1.82) is 0 Å². The number of nitrogens with one attached hydrogen (secondary N) is 2. The standard InChI is InChI=1S/C28H25N5O3/c34-27(7-4-14-33-15-17-35-18-16-33)31-22-10-13-26-25(19-22)28(30-20-29-26)32-21-8-11-24(12-9-21)36-23-5-2-1-3-6-23/h1-3,5-6,8-13,19-20H,14-18H2,(H,31,34)(H,29,30,32). The van der Waals surface area contributed by atoms with Crippen LogP contribution in [0.3, 0.4) is 0 Å². The number of nitrogens with zero attached hydrogens (tertiary/aromatic N) is 3. The van der Waals surface area contributed by atoms with E-state index in [0.717, 1.165) is 41.2 Å². The van der Waals surface area contributed by atoms with Crippen molar-refractivity contribution in [3.8, 4) is 23.3 Å². The largest absolute Gasteiger partial charge is 0.457 e. The van der Waals surface area contributed by atoms with Gasteiger partial charge in [0, 0.05) is 29.9 Å². The molecule has 8 heteroatoms. The summed E-state index contributed by atoms with van der Waals surface area (Å²) >= 11 is 0. The van der Waals surface area contributed by atoms with E-state index in [4.69, 9.17) is 9.47 Å². The lowest BCUT2D eigenvalue weighted by Crippen LogP contribution is -2.36. The first-order chi connectivity index (χ1) is 17.7. The fourth-order valence-corrected chi connectivity index (χ4v) is 3.75. The van der Waals surface area contributed by atoms with Gasteiger partial charge in [-0.25, -0.2) is 9.97 Å². The van der Waals surface area contributed by atoms with Gasteiger partial charge in [0.25, 0.3) is 5.91 Å². The van der Waals surface area contributed by atoms with Gasteiger partial charge >= 0.3 is 0 Å². The van der Waals surface area contributed by atoms with Crippen molar-refractivity contribution in [1.82, 2.24) is 14.9 Å². The minimum atomic E-state index is -0.358. The Bertz CT molecular complexity index is 1390.